The zero-order chi connectivity index (χ0) is 19.1. The summed E-state index contributed by atoms with van der Waals surface area (Å²) < 4.78 is 0. The summed E-state index contributed by atoms with van der Waals surface area (Å²) in [6.07, 6.45) is 3.85. The summed E-state index contributed by atoms with van der Waals surface area (Å²) in [5.74, 6) is 0. The molecule has 0 spiro atoms. The number of anilines is 3. The van der Waals surface area contributed by atoms with E-state index in [1.807, 2.05) is 18.5 Å². The molecule has 0 saturated heterocycles. The summed E-state index contributed by atoms with van der Waals surface area (Å²) in [5, 5.41) is 0. The van der Waals surface area contributed by atoms with Gasteiger partial charge < -0.3 is 4.90 Å². The van der Waals surface area contributed by atoms with Gasteiger partial charge in [-0.15, -0.1) is 0 Å². The highest BCUT2D eigenvalue weighted by Crippen LogP contribution is 2.52. The van der Waals surface area contributed by atoms with Crippen LogP contribution in [0.5, 0.6) is 0 Å². The molecule has 1 aromatic heterocycles. The van der Waals surface area contributed by atoms with E-state index in [1.54, 1.807) is 0 Å². The minimum atomic E-state index is -0.0520. The van der Waals surface area contributed by atoms with Crippen LogP contribution in [0.15, 0.2) is 97.3 Å². The standard InChI is InChI=1S/C26H22N2/c1-26(2)21-12-6-8-14-24(21)28(25-15-9-7-13-22(25)26)23-16-17-27-18-20(23)19-10-4-3-5-11-19/h3-18H,1-2H3. The molecule has 28 heavy (non-hydrogen) atoms. The number of fused-ring (bicyclic) bond motifs is 2. The molecule has 5 rings (SSSR count). The first kappa shape index (κ1) is 16.8. The molecular formula is C26H22N2. The topological polar surface area (TPSA) is 16.1 Å². The largest absolute Gasteiger partial charge is 0.309 e. The summed E-state index contributed by atoms with van der Waals surface area (Å²) in [6, 6.07) is 30.1. The van der Waals surface area contributed by atoms with E-state index < -0.39 is 0 Å². The van der Waals surface area contributed by atoms with Crippen molar-refractivity contribution in [2.45, 2.75) is 19.3 Å². The van der Waals surface area contributed by atoms with E-state index >= 15 is 0 Å². The van der Waals surface area contributed by atoms with Gasteiger partial charge in [0.15, 0.2) is 0 Å². The average Bonchev–Trinajstić information content (AvgIpc) is 2.75. The van der Waals surface area contributed by atoms with Gasteiger partial charge in [0, 0.05) is 23.4 Å². The molecule has 3 aromatic carbocycles. The average molecular weight is 362 g/mol. The van der Waals surface area contributed by atoms with Crippen LogP contribution in [0.1, 0.15) is 25.0 Å². The fourth-order valence-corrected chi connectivity index (χ4v) is 4.35. The van der Waals surface area contributed by atoms with Crippen molar-refractivity contribution < 1.29 is 0 Å². The summed E-state index contributed by atoms with van der Waals surface area (Å²) in [4.78, 5) is 6.82. The Hall–Kier alpha value is -3.39. The van der Waals surface area contributed by atoms with Crippen molar-refractivity contribution in [3.05, 3.63) is 108 Å². The van der Waals surface area contributed by atoms with Crippen LogP contribution in [0, 0.1) is 0 Å². The normalized spacial score (nSPS) is 14.3. The van der Waals surface area contributed by atoms with E-state index in [4.69, 9.17) is 0 Å². The summed E-state index contributed by atoms with van der Waals surface area (Å²) in [5.41, 5.74) is 8.54. The smallest absolute Gasteiger partial charge is 0.0571 e. The Kier molecular flexibility index (Phi) is 3.80. The summed E-state index contributed by atoms with van der Waals surface area (Å²) >= 11 is 0. The van der Waals surface area contributed by atoms with Crippen molar-refractivity contribution in [1.82, 2.24) is 4.98 Å². The fraction of sp³-hybridized carbons (Fsp3) is 0.115. The van der Waals surface area contributed by atoms with Crippen LogP contribution in [-0.2, 0) is 5.41 Å². The number of rotatable bonds is 2. The number of pyridine rings is 1. The van der Waals surface area contributed by atoms with Crippen molar-refractivity contribution in [2.24, 2.45) is 0 Å². The third-order valence-electron chi connectivity index (χ3n) is 5.76. The predicted molar refractivity (Wildman–Crippen MR) is 116 cm³/mol. The molecule has 2 heterocycles. The summed E-state index contributed by atoms with van der Waals surface area (Å²) in [7, 11) is 0. The molecule has 2 heteroatoms. The first-order valence-corrected chi connectivity index (χ1v) is 9.66. The highest BCUT2D eigenvalue weighted by Gasteiger charge is 2.36. The molecule has 1 aliphatic heterocycles. The number of hydrogen-bond donors (Lipinski definition) is 0. The molecule has 2 nitrogen and oxygen atoms in total. The Labute approximate surface area is 166 Å². The van der Waals surface area contributed by atoms with Crippen LogP contribution in [-0.4, -0.2) is 4.98 Å². The van der Waals surface area contributed by atoms with E-state index in [2.05, 4.69) is 103 Å². The first-order valence-electron chi connectivity index (χ1n) is 9.66. The maximum Gasteiger partial charge on any atom is 0.0571 e. The molecule has 136 valence electrons. The summed E-state index contributed by atoms with van der Waals surface area (Å²) in [6.45, 7) is 4.62. The van der Waals surface area contributed by atoms with Gasteiger partial charge in [0.2, 0.25) is 0 Å². The Morgan fingerprint density at radius 1 is 0.643 bits per heavy atom. The van der Waals surface area contributed by atoms with Crippen molar-refractivity contribution in [3.63, 3.8) is 0 Å². The second-order valence-electron chi connectivity index (χ2n) is 7.75. The molecule has 0 amide bonds. The van der Waals surface area contributed by atoms with Crippen LogP contribution >= 0.6 is 0 Å². The number of benzene rings is 3. The van der Waals surface area contributed by atoms with E-state index in [0.29, 0.717) is 0 Å². The molecule has 0 radical (unpaired) electrons. The van der Waals surface area contributed by atoms with Gasteiger partial charge in [-0.2, -0.15) is 0 Å². The minimum absolute atomic E-state index is 0.0520. The Morgan fingerprint density at radius 3 is 1.86 bits per heavy atom. The third-order valence-corrected chi connectivity index (χ3v) is 5.76. The van der Waals surface area contributed by atoms with Gasteiger partial charge in [-0.1, -0.05) is 80.6 Å². The quantitative estimate of drug-likeness (QED) is 0.387. The number of hydrogen-bond acceptors (Lipinski definition) is 2. The molecule has 0 saturated carbocycles. The van der Waals surface area contributed by atoms with Gasteiger partial charge in [-0.25, -0.2) is 0 Å². The van der Waals surface area contributed by atoms with E-state index in [-0.39, 0.29) is 5.41 Å². The van der Waals surface area contributed by atoms with Crippen LogP contribution in [0.25, 0.3) is 11.1 Å². The highest BCUT2D eigenvalue weighted by molar-refractivity contribution is 5.92. The van der Waals surface area contributed by atoms with Gasteiger partial charge in [-0.05, 0) is 34.9 Å². The molecule has 0 atom stereocenters. The van der Waals surface area contributed by atoms with Crippen molar-refractivity contribution in [2.75, 3.05) is 4.90 Å². The van der Waals surface area contributed by atoms with Crippen LogP contribution in [0.2, 0.25) is 0 Å². The second-order valence-corrected chi connectivity index (χ2v) is 7.75. The van der Waals surface area contributed by atoms with E-state index in [0.717, 1.165) is 11.3 Å². The third kappa shape index (κ3) is 2.45. The van der Waals surface area contributed by atoms with Crippen LogP contribution in [0.4, 0.5) is 17.1 Å². The Balaban J connectivity index is 1.82. The fourth-order valence-electron chi connectivity index (χ4n) is 4.35. The molecule has 0 bridgehead atoms. The van der Waals surface area contributed by atoms with Crippen LogP contribution < -0.4 is 4.90 Å². The van der Waals surface area contributed by atoms with Crippen molar-refractivity contribution >= 4 is 17.1 Å². The maximum absolute atomic E-state index is 4.43. The van der Waals surface area contributed by atoms with Gasteiger partial charge >= 0.3 is 0 Å². The first-order chi connectivity index (χ1) is 13.7. The Morgan fingerprint density at radius 2 is 1.21 bits per heavy atom. The number of para-hydroxylation sites is 2. The van der Waals surface area contributed by atoms with Crippen molar-refractivity contribution in [1.29, 1.82) is 0 Å². The van der Waals surface area contributed by atoms with Gasteiger partial charge in [0.05, 0.1) is 17.1 Å². The molecule has 0 unspecified atom stereocenters. The Bertz CT molecular complexity index is 1100. The lowest BCUT2D eigenvalue weighted by atomic mass is 9.73. The zero-order valence-corrected chi connectivity index (χ0v) is 16.1. The molecule has 0 aliphatic carbocycles. The molecule has 1 aliphatic rings. The molecule has 0 fully saturated rings. The maximum atomic E-state index is 4.43. The van der Waals surface area contributed by atoms with Crippen molar-refractivity contribution in [3.8, 4) is 11.1 Å². The zero-order valence-electron chi connectivity index (χ0n) is 16.1. The van der Waals surface area contributed by atoms with Gasteiger partial charge in [0.25, 0.3) is 0 Å². The molecule has 4 aromatic rings. The minimum Gasteiger partial charge on any atom is -0.309 e. The number of nitrogens with zero attached hydrogens (tertiary/aromatic N) is 2. The van der Waals surface area contributed by atoms with Crippen LogP contribution in [0.3, 0.4) is 0 Å². The monoisotopic (exact) mass is 362 g/mol. The van der Waals surface area contributed by atoms with Gasteiger partial charge in [-0.3, -0.25) is 4.98 Å². The second kappa shape index (κ2) is 6.35. The van der Waals surface area contributed by atoms with E-state index in [9.17, 15) is 0 Å². The lowest BCUT2D eigenvalue weighted by Crippen LogP contribution is -2.30. The molecular weight excluding hydrogens is 340 g/mol. The van der Waals surface area contributed by atoms with Gasteiger partial charge in [0.1, 0.15) is 0 Å². The lowest BCUT2D eigenvalue weighted by Gasteiger charge is -2.42. The van der Waals surface area contributed by atoms with E-state index in [1.165, 1.54) is 28.1 Å². The lowest BCUT2D eigenvalue weighted by molar-refractivity contribution is 0.632. The highest BCUT2D eigenvalue weighted by atomic mass is 15.2. The molecule has 0 N–H and O–H groups in total. The number of aromatic nitrogens is 1. The SMILES string of the molecule is CC1(C)c2ccccc2N(c2ccncc2-c2ccccc2)c2ccccc21. The predicted octanol–water partition coefficient (Wildman–Crippen LogP) is 6.86.